The average molecular weight is 299 g/mol. The van der Waals surface area contributed by atoms with Gasteiger partial charge in [-0.25, -0.2) is 13.1 Å². The van der Waals surface area contributed by atoms with Crippen molar-refractivity contribution in [2.75, 3.05) is 11.9 Å². The number of nitrogens with one attached hydrogen (secondary N) is 2. The van der Waals surface area contributed by atoms with Crippen molar-refractivity contribution >= 4 is 21.6 Å². The number of rotatable bonds is 7. The third-order valence-electron chi connectivity index (χ3n) is 2.70. The minimum atomic E-state index is -3.47. The molecule has 0 spiro atoms. The molecule has 7 heteroatoms. The van der Waals surface area contributed by atoms with Gasteiger partial charge in [0.1, 0.15) is 0 Å². The molecule has 1 aromatic rings. The Morgan fingerprint density at radius 3 is 2.35 bits per heavy atom. The molecule has 1 unspecified atom stereocenters. The van der Waals surface area contributed by atoms with Crippen LogP contribution in [0.5, 0.6) is 0 Å². The molecule has 0 fully saturated rings. The zero-order chi connectivity index (χ0) is 15.2. The van der Waals surface area contributed by atoms with Crippen molar-refractivity contribution in [2.24, 2.45) is 5.73 Å². The molecule has 1 aromatic carbocycles. The Morgan fingerprint density at radius 1 is 1.25 bits per heavy atom. The minimum Gasteiger partial charge on any atom is -0.325 e. The Kier molecular flexibility index (Phi) is 6.12. The zero-order valence-corrected chi connectivity index (χ0v) is 12.5. The summed E-state index contributed by atoms with van der Waals surface area (Å²) in [6.45, 7) is 3.99. The van der Waals surface area contributed by atoms with Gasteiger partial charge in [-0.2, -0.15) is 0 Å². The number of sulfonamides is 1. The predicted molar refractivity (Wildman–Crippen MR) is 78.8 cm³/mol. The van der Waals surface area contributed by atoms with Crippen molar-refractivity contribution in [2.45, 2.75) is 37.6 Å². The van der Waals surface area contributed by atoms with Crippen LogP contribution in [0.3, 0.4) is 0 Å². The predicted octanol–water partition coefficient (Wildman–Crippen LogP) is 1.05. The van der Waals surface area contributed by atoms with Crippen molar-refractivity contribution in [1.82, 2.24) is 4.72 Å². The number of hydrogen-bond acceptors (Lipinski definition) is 4. The first kappa shape index (κ1) is 16.6. The van der Waals surface area contributed by atoms with Crippen molar-refractivity contribution in [3.05, 3.63) is 24.3 Å². The fourth-order valence-electron chi connectivity index (χ4n) is 1.67. The van der Waals surface area contributed by atoms with Crippen LogP contribution in [0, 0.1) is 0 Å². The molecule has 0 bridgehead atoms. The highest BCUT2D eigenvalue weighted by Crippen LogP contribution is 2.14. The van der Waals surface area contributed by atoms with Gasteiger partial charge >= 0.3 is 0 Å². The van der Waals surface area contributed by atoms with E-state index >= 15 is 0 Å². The fraction of sp³-hybridized carbons (Fsp3) is 0.462. The summed E-state index contributed by atoms with van der Waals surface area (Å²) in [6.07, 6.45) is 1.44. The first-order chi connectivity index (χ1) is 9.40. The van der Waals surface area contributed by atoms with E-state index in [1.807, 2.05) is 6.92 Å². The van der Waals surface area contributed by atoms with Gasteiger partial charge in [0, 0.05) is 12.2 Å². The van der Waals surface area contributed by atoms with Gasteiger partial charge in [0.15, 0.2) is 0 Å². The molecule has 4 N–H and O–H groups in total. The molecule has 112 valence electrons. The zero-order valence-electron chi connectivity index (χ0n) is 11.7. The van der Waals surface area contributed by atoms with Crippen LogP contribution in [0.4, 0.5) is 5.69 Å². The van der Waals surface area contributed by atoms with Crippen LogP contribution in [-0.2, 0) is 14.8 Å². The second-order valence-corrected chi connectivity index (χ2v) is 6.18. The van der Waals surface area contributed by atoms with E-state index in [1.54, 1.807) is 19.1 Å². The van der Waals surface area contributed by atoms with Gasteiger partial charge in [0.25, 0.3) is 0 Å². The normalized spacial score (nSPS) is 12.9. The molecule has 0 aromatic heterocycles. The molecule has 0 aliphatic carbocycles. The van der Waals surface area contributed by atoms with Gasteiger partial charge in [-0.3, -0.25) is 4.79 Å². The summed E-state index contributed by atoms with van der Waals surface area (Å²) in [5, 5.41) is 2.66. The quantitative estimate of drug-likeness (QED) is 0.700. The molecule has 0 radical (unpaired) electrons. The van der Waals surface area contributed by atoms with Crippen LogP contribution in [0.25, 0.3) is 0 Å². The molecule has 6 nitrogen and oxygen atoms in total. The van der Waals surface area contributed by atoms with Gasteiger partial charge in [0.2, 0.25) is 15.9 Å². The van der Waals surface area contributed by atoms with E-state index in [4.69, 9.17) is 5.73 Å². The third kappa shape index (κ3) is 4.59. The molecular formula is C13H21N3O3S. The summed E-state index contributed by atoms with van der Waals surface area (Å²) in [6, 6.07) is 5.42. The monoisotopic (exact) mass is 299 g/mol. The first-order valence-corrected chi connectivity index (χ1v) is 8.05. The van der Waals surface area contributed by atoms with E-state index in [0.29, 0.717) is 18.7 Å². The highest BCUT2D eigenvalue weighted by Gasteiger charge is 2.14. The Labute approximate surface area is 119 Å². The number of amides is 1. The number of hydrogen-bond donors (Lipinski definition) is 3. The maximum absolute atomic E-state index is 11.7. The first-order valence-electron chi connectivity index (χ1n) is 6.57. The average Bonchev–Trinajstić information content (AvgIpc) is 2.39. The molecular weight excluding hydrogens is 278 g/mol. The van der Waals surface area contributed by atoms with Gasteiger partial charge in [-0.1, -0.05) is 20.3 Å². The SMILES string of the molecule is CCCC(N)C(=O)Nc1ccc(S(=O)(=O)NCC)cc1. The lowest BCUT2D eigenvalue weighted by molar-refractivity contribution is -0.117. The summed E-state index contributed by atoms with van der Waals surface area (Å²) in [4.78, 5) is 11.9. The van der Waals surface area contributed by atoms with E-state index in [-0.39, 0.29) is 10.8 Å². The van der Waals surface area contributed by atoms with Crippen molar-refractivity contribution < 1.29 is 13.2 Å². The topological polar surface area (TPSA) is 101 Å². The van der Waals surface area contributed by atoms with Crippen LogP contribution in [-0.4, -0.2) is 26.9 Å². The molecule has 0 aliphatic rings. The summed E-state index contributed by atoms with van der Waals surface area (Å²) in [5.74, 6) is -0.269. The summed E-state index contributed by atoms with van der Waals surface area (Å²) < 4.78 is 25.9. The Bertz CT molecular complexity index is 540. The lowest BCUT2D eigenvalue weighted by atomic mass is 10.1. The maximum atomic E-state index is 11.7. The molecule has 0 saturated heterocycles. The smallest absolute Gasteiger partial charge is 0.241 e. The van der Waals surface area contributed by atoms with Crippen LogP contribution < -0.4 is 15.8 Å². The standard InChI is InChI=1S/C13H21N3O3S/c1-3-5-12(14)13(17)16-10-6-8-11(9-7-10)20(18,19)15-4-2/h6-9,12,15H,3-5,14H2,1-2H3,(H,16,17). The van der Waals surface area contributed by atoms with Crippen molar-refractivity contribution in [1.29, 1.82) is 0 Å². The van der Waals surface area contributed by atoms with Crippen LogP contribution in [0.2, 0.25) is 0 Å². The Morgan fingerprint density at radius 2 is 1.85 bits per heavy atom. The van der Waals surface area contributed by atoms with E-state index in [1.165, 1.54) is 12.1 Å². The van der Waals surface area contributed by atoms with Gasteiger partial charge < -0.3 is 11.1 Å². The van der Waals surface area contributed by atoms with Gasteiger partial charge in [0.05, 0.1) is 10.9 Å². The highest BCUT2D eigenvalue weighted by atomic mass is 32.2. The third-order valence-corrected chi connectivity index (χ3v) is 4.26. The number of anilines is 1. The number of benzene rings is 1. The van der Waals surface area contributed by atoms with Crippen molar-refractivity contribution in [3.63, 3.8) is 0 Å². The summed E-state index contributed by atoms with van der Waals surface area (Å²) >= 11 is 0. The van der Waals surface area contributed by atoms with Crippen LogP contribution >= 0.6 is 0 Å². The second kappa shape index (κ2) is 7.37. The number of nitrogens with two attached hydrogens (primary N) is 1. The van der Waals surface area contributed by atoms with E-state index in [0.717, 1.165) is 6.42 Å². The van der Waals surface area contributed by atoms with E-state index in [2.05, 4.69) is 10.0 Å². The van der Waals surface area contributed by atoms with E-state index < -0.39 is 16.1 Å². The van der Waals surface area contributed by atoms with E-state index in [9.17, 15) is 13.2 Å². The Hall–Kier alpha value is -1.44. The molecule has 0 saturated carbocycles. The molecule has 1 atom stereocenters. The second-order valence-electron chi connectivity index (χ2n) is 4.41. The fourth-order valence-corrected chi connectivity index (χ4v) is 2.71. The molecule has 0 aliphatic heterocycles. The maximum Gasteiger partial charge on any atom is 0.241 e. The highest BCUT2D eigenvalue weighted by molar-refractivity contribution is 7.89. The minimum absolute atomic E-state index is 0.162. The van der Waals surface area contributed by atoms with Crippen LogP contribution in [0.15, 0.2) is 29.2 Å². The van der Waals surface area contributed by atoms with Crippen LogP contribution in [0.1, 0.15) is 26.7 Å². The Balaban J connectivity index is 2.75. The lowest BCUT2D eigenvalue weighted by Gasteiger charge is -2.11. The summed E-state index contributed by atoms with van der Waals surface area (Å²) in [5.41, 5.74) is 6.22. The molecule has 1 rings (SSSR count). The molecule has 0 heterocycles. The number of carbonyl (C=O) groups is 1. The van der Waals surface area contributed by atoms with Crippen molar-refractivity contribution in [3.8, 4) is 0 Å². The lowest BCUT2D eigenvalue weighted by Crippen LogP contribution is -2.35. The number of carbonyl (C=O) groups excluding carboxylic acids is 1. The van der Waals surface area contributed by atoms with Gasteiger partial charge in [-0.15, -0.1) is 0 Å². The molecule has 20 heavy (non-hydrogen) atoms. The molecule has 1 amide bonds. The van der Waals surface area contributed by atoms with Gasteiger partial charge in [-0.05, 0) is 30.7 Å². The largest absolute Gasteiger partial charge is 0.325 e. The summed E-state index contributed by atoms with van der Waals surface area (Å²) in [7, 11) is -3.47.